The summed E-state index contributed by atoms with van der Waals surface area (Å²) in [6.07, 6.45) is 0.541. The predicted octanol–water partition coefficient (Wildman–Crippen LogP) is 7.97. The maximum Gasteiger partial charge on any atom is 0.243 e. The summed E-state index contributed by atoms with van der Waals surface area (Å²) in [5.74, 6) is 0.583. The average molecular weight is 673 g/mol. The molecule has 0 saturated heterocycles. The van der Waals surface area contributed by atoms with Crippen LogP contribution in [0.1, 0.15) is 17.8 Å². The van der Waals surface area contributed by atoms with E-state index in [1.807, 2.05) is 44.2 Å². The SMILES string of the molecule is COc1ccc(S(=O)(=O)N(CCCNc2cc(C)nc3c(Cl)cc(Cl)cc23)CCNc2cc(C)nc3ccc(Cl)cc23)cc1. The lowest BCUT2D eigenvalue weighted by molar-refractivity contribution is 0.412. The number of aromatic nitrogens is 2. The van der Waals surface area contributed by atoms with Crippen molar-refractivity contribution < 1.29 is 13.2 Å². The number of nitrogens with one attached hydrogen (secondary N) is 2. The molecule has 0 aliphatic carbocycles. The molecular weight excluding hydrogens is 641 g/mol. The van der Waals surface area contributed by atoms with Gasteiger partial charge in [-0.25, -0.2) is 8.42 Å². The number of benzene rings is 3. The first-order chi connectivity index (χ1) is 21.0. The number of ether oxygens (including phenoxy) is 1. The lowest BCUT2D eigenvalue weighted by Gasteiger charge is -2.23. The van der Waals surface area contributed by atoms with E-state index in [1.54, 1.807) is 43.5 Å². The molecule has 0 bridgehead atoms. The number of fused-ring (bicyclic) bond motifs is 2. The van der Waals surface area contributed by atoms with Crippen LogP contribution < -0.4 is 15.4 Å². The fraction of sp³-hybridized carbons (Fsp3) is 0.250. The summed E-state index contributed by atoms with van der Waals surface area (Å²) in [6, 6.07) is 19.3. The molecule has 3 aromatic carbocycles. The Labute approximate surface area is 272 Å². The van der Waals surface area contributed by atoms with Crippen molar-refractivity contribution in [1.82, 2.24) is 14.3 Å². The molecule has 8 nitrogen and oxygen atoms in total. The lowest BCUT2D eigenvalue weighted by atomic mass is 10.1. The molecule has 2 heterocycles. The summed E-state index contributed by atoms with van der Waals surface area (Å²) >= 11 is 18.9. The van der Waals surface area contributed by atoms with Crippen LogP contribution in [0.15, 0.2) is 71.6 Å². The zero-order valence-corrected chi connectivity index (χ0v) is 27.6. The number of rotatable bonds is 12. The zero-order valence-electron chi connectivity index (χ0n) is 24.5. The van der Waals surface area contributed by atoms with E-state index in [0.29, 0.717) is 45.8 Å². The fourth-order valence-corrected chi connectivity index (χ4v) is 7.23. The minimum atomic E-state index is -3.80. The monoisotopic (exact) mass is 671 g/mol. The van der Waals surface area contributed by atoms with Crippen LogP contribution in [0.5, 0.6) is 5.75 Å². The van der Waals surface area contributed by atoms with Gasteiger partial charge in [0, 0.05) is 69.8 Å². The van der Waals surface area contributed by atoms with Crippen molar-refractivity contribution in [2.45, 2.75) is 25.2 Å². The molecule has 5 aromatic rings. The number of halogens is 3. The Morgan fingerprint density at radius 1 is 0.773 bits per heavy atom. The van der Waals surface area contributed by atoms with Crippen molar-refractivity contribution >= 4 is 78.0 Å². The third-order valence-corrected chi connectivity index (χ3v) is 9.79. The summed E-state index contributed by atoms with van der Waals surface area (Å²) < 4.78 is 34.4. The molecule has 12 heteroatoms. The lowest BCUT2D eigenvalue weighted by Crippen LogP contribution is -2.36. The molecule has 0 aliphatic rings. The van der Waals surface area contributed by atoms with Gasteiger partial charge in [-0.15, -0.1) is 0 Å². The van der Waals surface area contributed by atoms with Gasteiger partial charge in [-0.2, -0.15) is 4.31 Å². The number of aryl methyl sites for hydroxylation is 2. The van der Waals surface area contributed by atoms with E-state index in [2.05, 4.69) is 20.6 Å². The minimum absolute atomic E-state index is 0.197. The second kappa shape index (κ2) is 13.7. The predicted molar refractivity (Wildman–Crippen MR) is 181 cm³/mol. The number of anilines is 2. The number of sulfonamides is 1. The third kappa shape index (κ3) is 7.30. The molecule has 44 heavy (non-hydrogen) atoms. The normalized spacial score (nSPS) is 11.8. The van der Waals surface area contributed by atoms with E-state index in [4.69, 9.17) is 39.5 Å². The molecule has 0 unspecified atom stereocenters. The Morgan fingerprint density at radius 2 is 1.43 bits per heavy atom. The molecular formula is C32H32Cl3N5O3S. The van der Waals surface area contributed by atoms with Gasteiger partial charge >= 0.3 is 0 Å². The van der Waals surface area contributed by atoms with Crippen LogP contribution in [0.2, 0.25) is 15.1 Å². The molecule has 0 amide bonds. The van der Waals surface area contributed by atoms with Crippen LogP contribution in [-0.2, 0) is 10.0 Å². The molecule has 0 fully saturated rings. The molecule has 0 atom stereocenters. The molecule has 0 radical (unpaired) electrons. The maximum absolute atomic E-state index is 13.8. The van der Waals surface area contributed by atoms with E-state index in [1.165, 1.54) is 4.31 Å². The Hall–Kier alpha value is -3.34. The first-order valence-corrected chi connectivity index (χ1v) is 16.6. The molecule has 2 aromatic heterocycles. The van der Waals surface area contributed by atoms with Gasteiger partial charge in [-0.3, -0.25) is 9.97 Å². The third-order valence-electron chi connectivity index (χ3n) is 7.13. The van der Waals surface area contributed by atoms with Gasteiger partial charge in [0.05, 0.1) is 28.1 Å². The Bertz CT molecular complexity index is 1920. The molecule has 0 saturated carbocycles. The molecule has 5 rings (SSSR count). The highest BCUT2D eigenvalue weighted by atomic mass is 35.5. The average Bonchev–Trinajstić information content (AvgIpc) is 2.99. The zero-order chi connectivity index (χ0) is 31.4. The topological polar surface area (TPSA) is 96.5 Å². The minimum Gasteiger partial charge on any atom is -0.497 e. The highest BCUT2D eigenvalue weighted by molar-refractivity contribution is 7.89. The number of methoxy groups -OCH3 is 1. The number of pyridine rings is 2. The molecule has 230 valence electrons. The first-order valence-electron chi connectivity index (χ1n) is 14.0. The quantitative estimate of drug-likeness (QED) is 0.130. The van der Waals surface area contributed by atoms with E-state index >= 15 is 0 Å². The molecule has 0 aliphatic heterocycles. The smallest absolute Gasteiger partial charge is 0.243 e. The van der Waals surface area contributed by atoms with Crippen LogP contribution in [0, 0.1) is 13.8 Å². The van der Waals surface area contributed by atoms with Crippen LogP contribution in [0.25, 0.3) is 21.8 Å². The number of hydrogen-bond donors (Lipinski definition) is 2. The van der Waals surface area contributed by atoms with Crippen LogP contribution in [0.4, 0.5) is 11.4 Å². The summed E-state index contributed by atoms with van der Waals surface area (Å²) in [6.45, 7) is 5.22. The van der Waals surface area contributed by atoms with Gasteiger partial charge in [0.15, 0.2) is 0 Å². The van der Waals surface area contributed by atoms with Crippen LogP contribution in [0.3, 0.4) is 0 Å². The van der Waals surface area contributed by atoms with Gasteiger partial charge in [0.25, 0.3) is 0 Å². The molecule has 0 spiro atoms. The summed E-state index contributed by atoms with van der Waals surface area (Å²) in [4.78, 5) is 9.33. The number of hydrogen-bond acceptors (Lipinski definition) is 7. The van der Waals surface area contributed by atoms with E-state index in [-0.39, 0.29) is 18.0 Å². The van der Waals surface area contributed by atoms with Crippen molar-refractivity contribution in [2.24, 2.45) is 0 Å². The van der Waals surface area contributed by atoms with E-state index in [9.17, 15) is 8.42 Å². The Morgan fingerprint density at radius 3 is 2.16 bits per heavy atom. The van der Waals surface area contributed by atoms with Gasteiger partial charge < -0.3 is 15.4 Å². The maximum atomic E-state index is 13.8. The van der Waals surface area contributed by atoms with Gasteiger partial charge in [-0.1, -0.05) is 34.8 Å². The highest BCUT2D eigenvalue weighted by Crippen LogP contribution is 2.32. The van der Waals surface area contributed by atoms with Crippen molar-refractivity contribution in [1.29, 1.82) is 0 Å². The Kier molecular flexibility index (Phi) is 10.0. The summed E-state index contributed by atoms with van der Waals surface area (Å²) in [5, 5.41) is 10.1. The summed E-state index contributed by atoms with van der Waals surface area (Å²) in [7, 11) is -2.26. The van der Waals surface area contributed by atoms with Crippen molar-refractivity contribution in [2.75, 3.05) is 43.9 Å². The van der Waals surface area contributed by atoms with Crippen molar-refractivity contribution in [3.05, 3.63) is 93.2 Å². The second-order valence-electron chi connectivity index (χ2n) is 10.4. The first kappa shape index (κ1) is 32.1. The standard InChI is InChI=1S/C32H32Cl3N5O3S/c1-20-15-30(26-17-22(33)5-10-29(26)38-20)37-12-14-40(44(41,42)25-8-6-24(43-3)7-9-25)13-4-11-36-31-16-21(2)39-32-27(31)18-23(34)19-28(32)35/h5-10,15-19H,4,11-14H2,1-3H3,(H,36,39)(H,37,38). The van der Waals surface area contributed by atoms with Crippen molar-refractivity contribution in [3.63, 3.8) is 0 Å². The molecule has 2 N–H and O–H groups in total. The number of nitrogens with zero attached hydrogens (tertiary/aromatic N) is 3. The second-order valence-corrected chi connectivity index (χ2v) is 13.6. The van der Waals surface area contributed by atoms with Gasteiger partial charge in [0.2, 0.25) is 10.0 Å². The Balaban J connectivity index is 1.33. The highest BCUT2D eigenvalue weighted by Gasteiger charge is 2.24. The van der Waals surface area contributed by atoms with Gasteiger partial charge in [0.1, 0.15) is 5.75 Å². The summed E-state index contributed by atoms with van der Waals surface area (Å²) in [5.41, 5.74) is 4.80. The van der Waals surface area contributed by atoms with Crippen LogP contribution >= 0.6 is 34.8 Å². The van der Waals surface area contributed by atoms with Crippen molar-refractivity contribution in [3.8, 4) is 5.75 Å². The van der Waals surface area contributed by atoms with E-state index in [0.717, 1.165) is 39.1 Å². The largest absolute Gasteiger partial charge is 0.497 e. The van der Waals surface area contributed by atoms with Gasteiger partial charge in [-0.05, 0) is 87.0 Å². The van der Waals surface area contributed by atoms with Crippen LogP contribution in [-0.4, -0.2) is 56.0 Å². The van der Waals surface area contributed by atoms with E-state index < -0.39 is 10.0 Å². The fourth-order valence-electron chi connectivity index (χ4n) is 5.05.